The molecule has 3 aromatic carbocycles. The zero-order valence-electron chi connectivity index (χ0n) is 18.8. The van der Waals surface area contributed by atoms with Crippen LogP contribution in [-0.4, -0.2) is 22.8 Å². The lowest BCUT2D eigenvalue weighted by molar-refractivity contribution is -0.128. The second kappa shape index (κ2) is 11.0. The molecule has 0 aliphatic heterocycles. The highest BCUT2D eigenvalue weighted by atomic mass is 35.5. The highest BCUT2D eigenvalue weighted by Gasteiger charge is 2.23. The SMILES string of the molecule is Nc1ccc(CNC(=O)C(Cc2cccc3ccccc23)NC(=O)Cc2c(F)cccc2Cl)cn1. The molecule has 0 saturated carbocycles. The van der Waals surface area contributed by atoms with Crippen LogP contribution in [0, 0.1) is 5.82 Å². The highest BCUT2D eigenvalue weighted by Crippen LogP contribution is 2.21. The molecule has 4 rings (SSSR count). The van der Waals surface area contributed by atoms with Crippen LogP contribution < -0.4 is 16.4 Å². The van der Waals surface area contributed by atoms with E-state index in [1.54, 1.807) is 18.3 Å². The number of pyridine rings is 1. The zero-order chi connectivity index (χ0) is 24.8. The van der Waals surface area contributed by atoms with E-state index in [1.807, 2.05) is 42.5 Å². The first-order chi connectivity index (χ1) is 16.9. The van der Waals surface area contributed by atoms with Crippen molar-refractivity contribution in [3.63, 3.8) is 0 Å². The minimum absolute atomic E-state index is 0.0870. The second-order valence-corrected chi connectivity index (χ2v) is 8.56. The summed E-state index contributed by atoms with van der Waals surface area (Å²) in [5.74, 6) is -1.07. The first kappa shape index (κ1) is 24.2. The van der Waals surface area contributed by atoms with Gasteiger partial charge in [-0.15, -0.1) is 0 Å². The van der Waals surface area contributed by atoms with Gasteiger partial charge in [-0.3, -0.25) is 9.59 Å². The number of carbonyl (C=O) groups excluding carboxylic acids is 2. The number of amides is 2. The van der Waals surface area contributed by atoms with Gasteiger partial charge in [0, 0.05) is 29.7 Å². The third kappa shape index (κ3) is 6.13. The van der Waals surface area contributed by atoms with Crippen molar-refractivity contribution in [2.24, 2.45) is 0 Å². The molecule has 178 valence electrons. The van der Waals surface area contributed by atoms with Gasteiger partial charge in [0.2, 0.25) is 11.8 Å². The Hall–Kier alpha value is -3.97. The topological polar surface area (TPSA) is 97.1 Å². The molecule has 1 atom stereocenters. The number of halogens is 2. The van der Waals surface area contributed by atoms with Crippen LogP contribution in [0.15, 0.2) is 79.0 Å². The highest BCUT2D eigenvalue weighted by molar-refractivity contribution is 6.31. The van der Waals surface area contributed by atoms with Gasteiger partial charge >= 0.3 is 0 Å². The third-order valence-corrected chi connectivity index (χ3v) is 6.02. The average molecular weight is 491 g/mol. The van der Waals surface area contributed by atoms with Gasteiger partial charge in [0.15, 0.2) is 0 Å². The number of benzene rings is 3. The monoisotopic (exact) mass is 490 g/mol. The Bertz CT molecular complexity index is 1340. The predicted molar refractivity (Wildman–Crippen MR) is 135 cm³/mol. The van der Waals surface area contributed by atoms with E-state index in [0.29, 0.717) is 5.82 Å². The van der Waals surface area contributed by atoms with Crippen LogP contribution in [0.4, 0.5) is 10.2 Å². The summed E-state index contributed by atoms with van der Waals surface area (Å²) < 4.78 is 14.2. The number of rotatable bonds is 8. The van der Waals surface area contributed by atoms with Crippen molar-refractivity contribution in [1.29, 1.82) is 0 Å². The van der Waals surface area contributed by atoms with E-state index in [4.69, 9.17) is 17.3 Å². The fourth-order valence-corrected chi connectivity index (χ4v) is 4.09. The zero-order valence-corrected chi connectivity index (χ0v) is 19.6. The molecule has 2 amide bonds. The van der Waals surface area contributed by atoms with Crippen molar-refractivity contribution < 1.29 is 14.0 Å². The van der Waals surface area contributed by atoms with Crippen molar-refractivity contribution in [3.05, 3.63) is 107 Å². The Kier molecular flexibility index (Phi) is 7.57. The van der Waals surface area contributed by atoms with E-state index in [9.17, 15) is 14.0 Å². The summed E-state index contributed by atoms with van der Waals surface area (Å²) in [5.41, 5.74) is 7.38. The predicted octanol–water partition coefficient (Wildman–Crippen LogP) is 4.20. The van der Waals surface area contributed by atoms with Crippen LogP contribution in [0.2, 0.25) is 5.02 Å². The smallest absolute Gasteiger partial charge is 0.243 e. The number of aromatic nitrogens is 1. The van der Waals surface area contributed by atoms with Crippen LogP contribution >= 0.6 is 11.6 Å². The Labute approximate surface area is 207 Å². The van der Waals surface area contributed by atoms with E-state index < -0.39 is 17.8 Å². The van der Waals surface area contributed by atoms with Crippen molar-refractivity contribution in [1.82, 2.24) is 15.6 Å². The lowest BCUT2D eigenvalue weighted by Crippen LogP contribution is -2.48. The number of anilines is 1. The number of fused-ring (bicyclic) bond motifs is 1. The molecule has 0 spiro atoms. The lowest BCUT2D eigenvalue weighted by Gasteiger charge is -2.20. The van der Waals surface area contributed by atoms with Gasteiger partial charge in [0.05, 0.1) is 6.42 Å². The summed E-state index contributed by atoms with van der Waals surface area (Å²) in [6.07, 6.45) is 1.55. The average Bonchev–Trinajstić information content (AvgIpc) is 2.85. The molecule has 1 aromatic heterocycles. The molecule has 1 heterocycles. The summed E-state index contributed by atoms with van der Waals surface area (Å²) in [4.78, 5) is 30.1. The van der Waals surface area contributed by atoms with Gasteiger partial charge in [-0.1, -0.05) is 66.2 Å². The fraction of sp³-hybridized carbons (Fsp3) is 0.148. The van der Waals surface area contributed by atoms with Crippen LogP contribution in [0.5, 0.6) is 0 Å². The maximum atomic E-state index is 14.2. The summed E-state index contributed by atoms with van der Waals surface area (Å²) in [6.45, 7) is 0.215. The van der Waals surface area contributed by atoms with E-state index in [2.05, 4.69) is 15.6 Å². The summed E-state index contributed by atoms with van der Waals surface area (Å²) in [5, 5.41) is 7.79. The largest absolute Gasteiger partial charge is 0.384 e. The van der Waals surface area contributed by atoms with Gasteiger partial charge in [-0.05, 0) is 40.1 Å². The Morgan fingerprint density at radius 2 is 1.77 bits per heavy atom. The van der Waals surface area contributed by atoms with Gasteiger partial charge in [0.25, 0.3) is 0 Å². The number of hydrogen-bond donors (Lipinski definition) is 3. The van der Waals surface area contributed by atoms with Crippen LogP contribution in [0.1, 0.15) is 16.7 Å². The molecule has 4 aromatic rings. The quantitative estimate of drug-likeness (QED) is 0.345. The lowest BCUT2D eigenvalue weighted by atomic mass is 9.98. The standard InChI is InChI=1S/C27H24ClFN4O2/c28-22-9-4-10-23(29)21(22)14-26(34)33-24(27(35)32-16-17-11-12-25(30)31-15-17)13-19-7-3-6-18-5-1-2-8-20(18)19/h1-12,15,24H,13-14,16H2,(H2,30,31)(H,32,35)(H,33,34). The van der Waals surface area contributed by atoms with Crippen LogP contribution in [0.3, 0.4) is 0 Å². The molecule has 0 saturated heterocycles. The molecular formula is C27H24ClFN4O2. The van der Waals surface area contributed by atoms with Gasteiger partial charge in [-0.25, -0.2) is 9.37 Å². The molecule has 0 bridgehead atoms. The minimum atomic E-state index is -0.888. The molecule has 8 heteroatoms. The molecule has 6 nitrogen and oxygen atoms in total. The normalized spacial score (nSPS) is 11.7. The fourth-order valence-electron chi connectivity index (χ4n) is 3.86. The number of nitrogens with one attached hydrogen (secondary N) is 2. The molecule has 0 aliphatic carbocycles. The van der Waals surface area contributed by atoms with Gasteiger partial charge in [0.1, 0.15) is 17.7 Å². The third-order valence-electron chi connectivity index (χ3n) is 5.67. The molecule has 0 aliphatic rings. The van der Waals surface area contributed by atoms with E-state index in [-0.39, 0.29) is 35.9 Å². The summed E-state index contributed by atoms with van der Waals surface area (Å²) >= 11 is 6.08. The maximum Gasteiger partial charge on any atom is 0.243 e. The summed E-state index contributed by atoms with van der Waals surface area (Å²) in [7, 11) is 0. The number of hydrogen-bond acceptors (Lipinski definition) is 4. The van der Waals surface area contributed by atoms with Crippen LogP contribution in [-0.2, 0) is 29.0 Å². The Morgan fingerprint density at radius 3 is 2.54 bits per heavy atom. The van der Waals surface area contributed by atoms with Gasteiger partial charge < -0.3 is 16.4 Å². The first-order valence-electron chi connectivity index (χ1n) is 11.1. The number of nitrogens with two attached hydrogens (primary N) is 1. The molecule has 35 heavy (non-hydrogen) atoms. The minimum Gasteiger partial charge on any atom is -0.384 e. The number of nitrogen functional groups attached to an aromatic ring is 1. The van der Waals surface area contributed by atoms with Crippen molar-refractivity contribution in [3.8, 4) is 0 Å². The first-order valence-corrected chi connectivity index (χ1v) is 11.5. The van der Waals surface area contributed by atoms with Crippen molar-refractivity contribution in [2.45, 2.75) is 25.4 Å². The summed E-state index contributed by atoms with van der Waals surface area (Å²) in [6, 6.07) is 20.4. The van der Waals surface area contributed by atoms with Crippen LogP contribution in [0.25, 0.3) is 10.8 Å². The molecule has 0 radical (unpaired) electrons. The Morgan fingerprint density at radius 1 is 1.00 bits per heavy atom. The molecule has 1 unspecified atom stereocenters. The van der Waals surface area contributed by atoms with Crippen molar-refractivity contribution >= 4 is 40.0 Å². The molecular weight excluding hydrogens is 467 g/mol. The van der Waals surface area contributed by atoms with E-state index >= 15 is 0 Å². The number of nitrogens with zero attached hydrogens (tertiary/aromatic N) is 1. The molecule has 0 fully saturated rings. The van der Waals surface area contributed by atoms with E-state index in [1.165, 1.54) is 18.2 Å². The number of carbonyl (C=O) groups is 2. The van der Waals surface area contributed by atoms with E-state index in [0.717, 1.165) is 21.9 Å². The molecule has 4 N–H and O–H groups in total. The van der Waals surface area contributed by atoms with Gasteiger partial charge in [-0.2, -0.15) is 0 Å². The van der Waals surface area contributed by atoms with Crippen molar-refractivity contribution in [2.75, 3.05) is 5.73 Å². The second-order valence-electron chi connectivity index (χ2n) is 8.15. The maximum absolute atomic E-state index is 14.2. The Balaban J connectivity index is 1.54.